The molecule has 0 aliphatic heterocycles. The number of carboxylic acid groups (broad SMARTS) is 1. The Morgan fingerprint density at radius 1 is 1.21 bits per heavy atom. The van der Waals surface area contributed by atoms with Crippen molar-refractivity contribution in [1.82, 2.24) is 4.98 Å². The Bertz CT molecular complexity index is 1240. The van der Waals surface area contributed by atoms with Gasteiger partial charge in [0.1, 0.15) is 11.5 Å². The predicted molar refractivity (Wildman–Crippen MR) is 137 cm³/mol. The van der Waals surface area contributed by atoms with Crippen LogP contribution in [0.2, 0.25) is 10.0 Å². The molecule has 1 aromatic heterocycles. The number of benzene rings is 2. The molecule has 3 aromatic rings. The van der Waals surface area contributed by atoms with Gasteiger partial charge < -0.3 is 14.3 Å². The molecule has 0 fully saturated rings. The van der Waals surface area contributed by atoms with E-state index in [2.05, 4.69) is 19.9 Å². The molecule has 0 saturated heterocycles. The first-order chi connectivity index (χ1) is 15.9. The van der Waals surface area contributed by atoms with Gasteiger partial charge in [-0.25, -0.2) is 9.78 Å². The van der Waals surface area contributed by atoms with Gasteiger partial charge in [-0.3, -0.25) is 0 Å². The fraction of sp³-hybridized carbons (Fsp3) is 0.333. The predicted octanol–water partition coefficient (Wildman–Crippen LogP) is 7.97. The molecule has 0 aliphatic rings. The van der Waals surface area contributed by atoms with E-state index in [1.54, 1.807) is 12.1 Å². The zero-order chi connectivity index (χ0) is 25.2. The van der Waals surface area contributed by atoms with Gasteiger partial charge in [0.25, 0.3) is 0 Å². The van der Waals surface area contributed by atoms with E-state index in [-0.39, 0.29) is 5.92 Å². The zero-order valence-corrected chi connectivity index (χ0v) is 21.7. The highest BCUT2D eigenvalue weighted by Crippen LogP contribution is 2.34. The number of aryl methyl sites for hydroxylation is 1. The molecule has 180 valence electrons. The van der Waals surface area contributed by atoms with Crippen LogP contribution in [0, 0.1) is 6.92 Å². The summed E-state index contributed by atoms with van der Waals surface area (Å²) in [5.74, 6) is 0.991. The molecule has 2 aromatic carbocycles. The lowest BCUT2D eigenvalue weighted by molar-refractivity contribution is -0.152. The lowest BCUT2D eigenvalue weighted by Crippen LogP contribution is -2.38. The maximum absolute atomic E-state index is 11.4. The first kappa shape index (κ1) is 25.9. The van der Waals surface area contributed by atoms with Crippen molar-refractivity contribution in [1.29, 1.82) is 0 Å². The van der Waals surface area contributed by atoms with E-state index in [0.29, 0.717) is 33.7 Å². The Morgan fingerprint density at radius 2 is 1.91 bits per heavy atom. The summed E-state index contributed by atoms with van der Waals surface area (Å²) in [5, 5.41) is 10.4. The number of rotatable bonds is 8. The van der Waals surface area contributed by atoms with Crippen LogP contribution in [0.5, 0.6) is 5.75 Å². The average Bonchev–Trinajstić information content (AvgIpc) is 3.17. The van der Waals surface area contributed by atoms with Gasteiger partial charge in [0, 0.05) is 17.4 Å². The molecule has 0 unspecified atom stereocenters. The second-order valence-corrected chi connectivity index (χ2v) is 9.94. The molecule has 7 heteroatoms. The third kappa shape index (κ3) is 5.83. The van der Waals surface area contributed by atoms with Gasteiger partial charge >= 0.3 is 5.97 Å². The van der Waals surface area contributed by atoms with E-state index in [1.165, 1.54) is 13.8 Å². The maximum Gasteiger partial charge on any atom is 0.347 e. The molecule has 0 radical (unpaired) electrons. The molecule has 3 rings (SSSR count). The van der Waals surface area contributed by atoms with Crippen LogP contribution in [-0.2, 0) is 11.2 Å². The second kappa shape index (κ2) is 10.2. The zero-order valence-electron chi connectivity index (χ0n) is 20.2. The molecule has 1 N–H and O–H groups in total. The van der Waals surface area contributed by atoms with Crippen molar-refractivity contribution in [2.45, 2.75) is 59.5 Å². The quantitative estimate of drug-likeness (QED) is 0.338. The number of nitrogens with zero attached hydrogens (tertiary/aromatic N) is 1. The van der Waals surface area contributed by atoms with Crippen LogP contribution in [-0.4, -0.2) is 21.7 Å². The largest absolute Gasteiger partial charge is 0.478 e. The van der Waals surface area contributed by atoms with E-state index in [9.17, 15) is 9.90 Å². The van der Waals surface area contributed by atoms with Gasteiger partial charge in [0.05, 0.1) is 16.3 Å². The number of hydrogen-bond donors (Lipinski definition) is 1. The molecule has 0 amide bonds. The average molecular weight is 502 g/mol. The summed E-state index contributed by atoms with van der Waals surface area (Å²) in [6, 6.07) is 11.0. The minimum absolute atomic E-state index is 0.160. The topological polar surface area (TPSA) is 72.6 Å². The Kier molecular flexibility index (Phi) is 7.79. The van der Waals surface area contributed by atoms with Gasteiger partial charge in [-0.1, -0.05) is 49.2 Å². The van der Waals surface area contributed by atoms with Gasteiger partial charge in [-0.2, -0.15) is 0 Å². The van der Waals surface area contributed by atoms with E-state index < -0.39 is 11.6 Å². The van der Waals surface area contributed by atoms with Gasteiger partial charge in [0.2, 0.25) is 5.89 Å². The van der Waals surface area contributed by atoms with E-state index in [4.69, 9.17) is 37.3 Å². The Labute approximate surface area is 210 Å². The number of aromatic nitrogens is 1. The van der Waals surface area contributed by atoms with Crippen molar-refractivity contribution in [3.05, 3.63) is 75.1 Å². The van der Waals surface area contributed by atoms with Crippen LogP contribution in [0.15, 0.2) is 46.9 Å². The smallest absolute Gasteiger partial charge is 0.347 e. The number of hydrogen-bond acceptors (Lipinski definition) is 4. The van der Waals surface area contributed by atoms with E-state index in [1.807, 2.05) is 38.1 Å². The number of carboxylic acids is 1. The summed E-state index contributed by atoms with van der Waals surface area (Å²) in [4.78, 5) is 16.1. The normalized spacial score (nSPS) is 12.3. The number of allylic oxidation sites excluding steroid dienone is 2. The summed E-state index contributed by atoms with van der Waals surface area (Å²) in [6.45, 7) is 11.1. The van der Waals surface area contributed by atoms with Gasteiger partial charge in [-0.15, -0.1) is 0 Å². The molecule has 0 atom stereocenters. The number of ether oxygens (including phenoxy) is 1. The van der Waals surface area contributed by atoms with Crippen molar-refractivity contribution in [3.8, 4) is 17.2 Å². The summed E-state index contributed by atoms with van der Waals surface area (Å²) in [7, 11) is 0. The molecule has 0 spiro atoms. The third-order valence-corrected chi connectivity index (χ3v) is 6.07. The highest BCUT2D eigenvalue weighted by atomic mass is 35.5. The molecular formula is C27H29Cl2NO4. The van der Waals surface area contributed by atoms with Crippen molar-refractivity contribution in [3.63, 3.8) is 0 Å². The monoisotopic (exact) mass is 501 g/mol. The third-order valence-electron chi connectivity index (χ3n) is 5.53. The Hall–Kier alpha value is -2.76. The summed E-state index contributed by atoms with van der Waals surface area (Å²) >= 11 is 12.4. The van der Waals surface area contributed by atoms with Crippen LogP contribution in [0.3, 0.4) is 0 Å². The molecule has 5 nitrogen and oxygen atoms in total. The lowest BCUT2D eigenvalue weighted by Gasteiger charge is -2.23. The summed E-state index contributed by atoms with van der Waals surface area (Å²) in [6.07, 6.45) is 2.70. The molecular weight excluding hydrogens is 473 g/mol. The highest BCUT2D eigenvalue weighted by Gasteiger charge is 2.30. The second-order valence-electron chi connectivity index (χ2n) is 9.10. The maximum atomic E-state index is 11.4. The minimum Gasteiger partial charge on any atom is -0.478 e. The van der Waals surface area contributed by atoms with Crippen LogP contribution in [0.1, 0.15) is 63.1 Å². The lowest BCUT2D eigenvalue weighted by atomic mass is 10.0. The fourth-order valence-electron chi connectivity index (χ4n) is 3.43. The highest BCUT2D eigenvalue weighted by molar-refractivity contribution is 6.36. The number of aliphatic carboxylic acids is 1. The van der Waals surface area contributed by atoms with Crippen molar-refractivity contribution >= 4 is 34.7 Å². The van der Waals surface area contributed by atoms with Gasteiger partial charge in [-0.05, 0) is 74.7 Å². The van der Waals surface area contributed by atoms with Crippen LogP contribution < -0.4 is 4.74 Å². The van der Waals surface area contributed by atoms with Crippen LogP contribution >= 0.6 is 23.2 Å². The molecule has 1 heterocycles. The van der Waals surface area contributed by atoms with Crippen molar-refractivity contribution in [2.75, 3.05) is 0 Å². The summed E-state index contributed by atoms with van der Waals surface area (Å²) in [5.41, 5.74) is 3.21. The van der Waals surface area contributed by atoms with Crippen molar-refractivity contribution in [2.24, 2.45) is 0 Å². The van der Waals surface area contributed by atoms with E-state index in [0.717, 1.165) is 28.2 Å². The molecule has 34 heavy (non-hydrogen) atoms. The molecule has 0 aliphatic carbocycles. The standard InChI is InChI=1S/C27H29Cl2NO4/c1-15(2)24-22(30-25(33-24)20-10-9-19(28)14-21(20)29)11-7-16(3)18-8-12-23(17(4)13-18)34-27(5,6)26(31)32/h7-10,12-15H,11H2,1-6H3,(H,31,32). The van der Waals surface area contributed by atoms with Crippen molar-refractivity contribution < 1.29 is 19.1 Å². The number of halogens is 2. The van der Waals surface area contributed by atoms with E-state index >= 15 is 0 Å². The first-order valence-corrected chi connectivity index (χ1v) is 11.8. The fourth-order valence-corrected chi connectivity index (χ4v) is 3.92. The summed E-state index contributed by atoms with van der Waals surface area (Å²) < 4.78 is 11.8. The number of carbonyl (C=O) groups is 1. The molecule has 0 bridgehead atoms. The molecule has 0 saturated carbocycles. The first-order valence-electron chi connectivity index (χ1n) is 11.0. The SMILES string of the molecule is CC(=CCc1nc(-c2ccc(Cl)cc2Cl)oc1C(C)C)c1ccc(OC(C)(C)C(=O)O)c(C)c1. The van der Waals surface area contributed by atoms with Crippen LogP contribution in [0.4, 0.5) is 0 Å². The number of oxazole rings is 1. The van der Waals surface area contributed by atoms with Gasteiger partial charge in [0.15, 0.2) is 5.60 Å². The Balaban J connectivity index is 1.85. The minimum atomic E-state index is -1.30. The Morgan fingerprint density at radius 3 is 2.50 bits per heavy atom. The van der Waals surface area contributed by atoms with Crippen LogP contribution in [0.25, 0.3) is 17.0 Å².